The third-order valence-corrected chi connectivity index (χ3v) is 3.73. The van der Waals surface area contributed by atoms with E-state index in [1.54, 1.807) is 6.07 Å². The van der Waals surface area contributed by atoms with E-state index in [-0.39, 0.29) is 11.9 Å². The Bertz CT molecular complexity index is 617. The van der Waals surface area contributed by atoms with Crippen LogP contribution in [0.3, 0.4) is 0 Å². The summed E-state index contributed by atoms with van der Waals surface area (Å²) in [4.78, 5) is 0. The van der Waals surface area contributed by atoms with Gasteiger partial charge >= 0.3 is 0 Å². The van der Waals surface area contributed by atoms with Gasteiger partial charge in [-0.1, -0.05) is 35.9 Å². The summed E-state index contributed by atoms with van der Waals surface area (Å²) in [6, 6.07) is 12.7. The minimum absolute atomic E-state index is 0.0571. The Morgan fingerprint density at radius 2 is 2.10 bits per heavy atom. The van der Waals surface area contributed by atoms with Crippen molar-refractivity contribution >= 4 is 17.3 Å². The summed E-state index contributed by atoms with van der Waals surface area (Å²) in [6.07, 6.45) is 0.872. The van der Waals surface area contributed by atoms with Crippen LogP contribution < -0.4 is 5.32 Å². The van der Waals surface area contributed by atoms with Gasteiger partial charge in [0.25, 0.3) is 0 Å². The van der Waals surface area contributed by atoms with E-state index in [1.807, 2.05) is 12.1 Å². The number of fused-ring (bicyclic) bond motifs is 1. The summed E-state index contributed by atoms with van der Waals surface area (Å²) in [5, 5.41) is 3.59. The molecule has 0 saturated carbocycles. The zero-order valence-corrected chi connectivity index (χ0v) is 11.7. The molecule has 0 aliphatic carbocycles. The van der Waals surface area contributed by atoms with Gasteiger partial charge in [0, 0.05) is 11.6 Å². The van der Waals surface area contributed by atoms with E-state index in [1.165, 1.54) is 23.3 Å². The first-order valence-electron chi connectivity index (χ1n) is 6.62. The van der Waals surface area contributed by atoms with Crippen LogP contribution in [0, 0.1) is 5.82 Å². The molecule has 0 fully saturated rings. The zero-order chi connectivity index (χ0) is 13.9. The maximum absolute atomic E-state index is 13.7. The summed E-state index contributed by atoms with van der Waals surface area (Å²) in [7, 11) is 0. The first-order chi connectivity index (χ1) is 9.74. The topological polar surface area (TPSA) is 21.3 Å². The average Bonchev–Trinajstić information content (AvgIpc) is 2.48. The Hall–Kier alpha value is -1.58. The van der Waals surface area contributed by atoms with Gasteiger partial charge in [-0.3, -0.25) is 0 Å². The number of hydrogen-bond donors (Lipinski definition) is 1. The van der Waals surface area contributed by atoms with Gasteiger partial charge in [-0.15, -0.1) is 0 Å². The highest BCUT2D eigenvalue weighted by molar-refractivity contribution is 6.30. The fourth-order valence-electron chi connectivity index (χ4n) is 2.48. The van der Waals surface area contributed by atoms with Crippen molar-refractivity contribution in [2.75, 3.05) is 18.5 Å². The highest BCUT2D eigenvalue weighted by Gasteiger charge is 2.20. The average molecular weight is 292 g/mol. The summed E-state index contributed by atoms with van der Waals surface area (Å²) in [5.41, 5.74) is 2.88. The van der Waals surface area contributed by atoms with Crippen molar-refractivity contribution < 1.29 is 9.13 Å². The van der Waals surface area contributed by atoms with E-state index < -0.39 is 0 Å². The fourth-order valence-corrected chi connectivity index (χ4v) is 2.65. The molecule has 1 unspecified atom stereocenters. The van der Waals surface area contributed by atoms with Crippen LogP contribution >= 0.6 is 11.6 Å². The number of anilines is 1. The molecular formula is C16H15ClFNO. The Balaban J connectivity index is 1.75. The first kappa shape index (κ1) is 13.4. The van der Waals surface area contributed by atoms with Crippen LogP contribution in [0.4, 0.5) is 10.1 Å². The number of ether oxygens (including phenoxy) is 1. The van der Waals surface area contributed by atoms with Gasteiger partial charge in [0.15, 0.2) is 0 Å². The van der Waals surface area contributed by atoms with Gasteiger partial charge in [0.1, 0.15) is 5.82 Å². The largest absolute Gasteiger partial charge is 0.380 e. The number of benzene rings is 2. The molecule has 1 aliphatic heterocycles. The lowest BCUT2D eigenvalue weighted by Crippen LogP contribution is -2.23. The highest BCUT2D eigenvalue weighted by atomic mass is 35.5. The third-order valence-electron chi connectivity index (χ3n) is 3.50. The van der Waals surface area contributed by atoms with E-state index in [0.717, 1.165) is 6.42 Å². The van der Waals surface area contributed by atoms with Crippen LogP contribution in [0.5, 0.6) is 0 Å². The van der Waals surface area contributed by atoms with Crippen LogP contribution in [0.1, 0.15) is 17.2 Å². The Morgan fingerprint density at radius 1 is 1.25 bits per heavy atom. The number of rotatable bonds is 3. The van der Waals surface area contributed by atoms with Crippen molar-refractivity contribution in [3.05, 3.63) is 64.4 Å². The predicted molar refractivity (Wildman–Crippen MR) is 78.7 cm³/mol. The normalized spacial score (nSPS) is 17.6. The highest BCUT2D eigenvalue weighted by Crippen LogP contribution is 2.28. The molecule has 0 amide bonds. The molecular weight excluding hydrogens is 277 g/mol. The van der Waals surface area contributed by atoms with Crippen LogP contribution in [0.15, 0.2) is 42.5 Å². The Morgan fingerprint density at radius 3 is 3.00 bits per heavy atom. The minimum atomic E-state index is -0.307. The van der Waals surface area contributed by atoms with Crippen molar-refractivity contribution in [3.8, 4) is 0 Å². The van der Waals surface area contributed by atoms with Gasteiger partial charge in [0.05, 0.1) is 18.4 Å². The lowest BCUT2D eigenvalue weighted by Gasteiger charge is -2.26. The minimum Gasteiger partial charge on any atom is -0.380 e. The van der Waals surface area contributed by atoms with Gasteiger partial charge in [-0.25, -0.2) is 4.39 Å². The molecule has 104 valence electrons. The third kappa shape index (κ3) is 2.79. The smallest absolute Gasteiger partial charge is 0.146 e. The molecule has 3 rings (SSSR count). The second-order valence-electron chi connectivity index (χ2n) is 4.81. The molecule has 0 saturated heterocycles. The molecule has 2 aromatic carbocycles. The maximum atomic E-state index is 13.7. The summed E-state index contributed by atoms with van der Waals surface area (Å²) >= 11 is 5.88. The molecule has 0 aromatic heterocycles. The SMILES string of the molecule is Fc1ccc(Cl)cc1NCC1OCCc2ccccc21. The lowest BCUT2D eigenvalue weighted by atomic mass is 9.97. The predicted octanol–water partition coefficient (Wildman–Crippen LogP) is 4.21. The van der Waals surface area contributed by atoms with Crippen LogP contribution in [0.2, 0.25) is 5.02 Å². The van der Waals surface area contributed by atoms with Crippen LogP contribution in [0.25, 0.3) is 0 Å². The molecule has 1 aliphatic rings. The van der Waals surface area contributed by atoms with Gasteiger partial charge < -0.3 is 10.1 Å². The van der Waals surface area contributed by atoms with E-state index in [4.69, 9.17) is 16.3 Å². The van der Waals surface area contributed by atoms with E-state index >= 15 is 0 Å². The Kier molecular flexibility index (Phi) is 3.90. The molecule has 0 bridgehead atoms. The summed E-state index contributed by atoms with van der Waals surface area (Å²) < 4.78 is 19.4. The molecule has 4 heteroatoms. The fraction of sp³-hybridized carbons (Fsp3) is 0.250. The molecule has 1 N–H and O–H groups in total. The monoisotopic (exact) mass is 291 g/mol. The van der Waals surface area contributed by atoms with Crippen molar-refractivity contribution in [3.63, 3.8) is 0 Å². The molecule has 1 atom stereocenters. The second-order valence-corrected chi connectivity index (χ2v) is 5.25. The van der Waals surface area contributed by atoms with Crippen molar-refractivity contribution in [1.29, 1.82) is 0 Å². The molecule has 0 radical (unpaired) electrons. The lowest BCUT2D eigenvalue weighted by molar-refractivity contribution is 0.0513. The zero-order valence-electron chi connectivity index (χ0n) is 10.9. The van der Waals surface area contributed by atoms with E-state index in [2.05, 4.69) is 17.4 Å². The van der Waals surface area contributed by atoms with Gasteiger partial charge in [0.2, 0.25) is 0 Å². The van der Waals surface area contributed by atoms with Gasteiger partial charge in [-0.2, -0.15) is 0 Å². The number of hydrogen-bond acceptors (Lipinski definition) is 2. The molecule has 2 aromatic rings. The van der Waals surface area contributed by atoms with Crippen molar-refractivity contribution in [1.82, 2.24) is 0 Å². The van der Waals surface area contributed by atoms with E-state index in [0.29, 0.717) is 23.9 Å². The van der Waals surface area contributed by atoms with E-state index in [9.17, 15) is 4.39 Å². The van der Waals surface area contributed by atoms with Gasteiger partial charge in [-0.05, 0) is 35.7 Å². The Labute approximate surface area is 122 Å². The number of halogens is 2. The second kappa shape index (κ2) is 5.81. The van der Waals surface area contributed by atoms with Crippen LogP contribution in [-0.4, -0.2) is 13.2 Å². The molecule has 1 heterocycles. The quantitative estimate of drug-likeness (QED) is 0.915. The summed E-state index contributed by atoms with van der Waals surface area (Å²) in [6.45, 7) is 1.22. The molecule has 0 spiro atoms. The maximum Gasteiger partial charge on any atom is 0.146 e. The summed E-state index contributed by atoms with van der Waals surface area (Å²) in [5.74, 6) is -0.307. The molecule has 2 nitrogen and oxygen atoms in total. The molecule has 20 heavy (non-hydrogen) atoms. The number of nitrogens with one attached hydrogen (secondary N) is 1. The standard InChI is InChI=1S/C16H15ClFNO/c17-12-5-6-14(18)15(9-12)19-10-16-13-4-2-1-3-11(13)7-8-20-16/h1-6,9,16,19H,7-8,10H2. The first-order valence-corrected chi connectivity index (χ1v) is 7.00. The van der Waals surface area contributed by atoms with Crippen LogP contribution in [-0.2, 0) is 11.2 Å². The van der Waals surface area contributed by atoms with Crippen molar-refractivity contribution in [2.24, 2.45) is 0 Å². The van der Waals surface area contributed by atoms with Crippen molar-refractivity contribution in [2.45, 2.75) is 12.5 Å².